The monoisotopic (exact) mass is 202 g/mol. The van der Waals surface area contributed by atoms with Gasteiger partial charge in [-0.05, 0) is 13.0 Å². The molecule has 0 bridgehead atoms. The Morgan fingerprint density at radius 1 is 1.46 bits per heavy atom. The van der Waals surface area contributed by atoms with E-state index in [9.17, 15) is 0 Å². The fourth-order valence-electron chi connectivity index (χ4n) is 1.63. The zero-order valence-electron chi connectivity index (χ0n) is 8.88. The second kappa shape index (κ2) is 6.68. The van der Waals surface area contributed by atoms with Crippen LogP contribution >= 0.6 is 11.8 Å². The van der Waals surface area contributed by atoms with E-state index in [1.54, 1.807) is 0 Å². The van der Waals surface area contributed by atoms with Gasteiger partial charge in [0.1, 0.15) is 0 Å². The molecule has 0 amide bonds. The van der Waals surface area contributed by atoms with Gasteiger partial charge in [0.15, 0.2) is 0 Å². The molecule has 1 rings (SSSR count). The number of nitrogens with one attached hydrogen (secondary N) is 1. The Hall–Kier alpha value is 0.270. The molecule has 0 aliphatic carbocycles. The van der Waals surface area contributed by atoms with Crippen molar-refractivity contribution in [3.05, 3.63) is 0 Å². The van der Waals surface area contributed by atoms with Crippen LogP contribution in [0, 0.1) is 0 Å². The van der Waals surface area contributed by atoms with E-state index in [0.29, 0.717) is 0 Å². The normalized spacial score (nSPS) is 24.9. The number of rotatable bonds is 5. The lowest BCUT2D eigenvalue weighted by atomic mass is 10.3. The van der Waals surface area contributed by atoms with Crippen molar-refractivity contribution in [2.45, 2.75) is 25.5 Å². The average Bonchev–Trinajstić information content (AvgIpc) is 2.13. The molecule has 2 nitrogen and oxygen atoms in total. The van der Waals surface area contributed by atoms with E-state index in [1.807, 2.05) is 0 Å². The number of hydrogen-bond donors (Lipinski definition) is 1. The average molecular weight is 202 g/mol. The Bertz CT molecular complexity index is 130. The first-order valence-corrected chi connectivity index (χ1v) is 6.42. The van der Waals surface area contributed by atoms with Gasteiger partial charge in [-0.25, -0.2) is 0 Å². The Morgan fingerprint density at radius 3 is 3.00 bits per heavy atom. The minimum atomic E-state index is 0.833. The molecule has 0 saturated carbocycles. The van der Waals surface area contributed by atoms with Gasteiger partial charge < -0.3 is 10.2 Å². The van der Waals surface area contributed by atoms with Crippen molar-refractivity contribution in [1.29, 1.82) is 0 Å². The molecule has 78 valence electrons. The van der Waals surface area contributed by atoms with Crippen LogP contribution in [0.3, 0.4) is 0 Å². The third kappa shape index (κ3) is 4.89. The second-order valence-corrected chi connectivity index (χ2v) is 5.28. The van der Waals surface area contributed by atoms with Crippen LogP contribution < -0.4 is 5.32 Å². The molecule has 1 atom stereocenters. The smallest absolute Gasteiger partial charge is 0.0147 e. The Balaban J connectivity index is 2.00. The first-order chi connectivity index (χ1) is 6.33. The first kappa shape index (κ1) is 11.3. The highest BCUT2D eigenvalue weighted by Gasteiger charge is 2.15. The zero-order valence-corrected chi connectivity index (χ0v) is 9.70. The Labute approximate surface area is 86.5 Å². The summed E-state index contributed by atoms with van der Waals surface area (Å²) >= 11 is 2.10. The van der Waals surface area contributed by atoms with Crippen molar-refractivity contribution in [3.63, 3.8) is 0 Å². The van der Waals surface area contributed by atoms with Gasteiger partial charge in [0.05, 0.1) is 0 Å². The van der Waals surface area contributed by atoms with Gasteiger partial charge in [0.2, 0.25) is 0 Å². The summed E-state index contributed by atoms with van der Waals surface area (Å²) in [6, 6.07) is 0. The molecule has 1 N–H and O–H groups in total. The molecule has 1 unspecified atom stereocenters. The number of hydrogen-bond acceptors (Lipinski definition) is 3. The maximum absolute atomic E-state index is 3.45. The largest absolute Gasteiger partial charge is 0.315 e. The Morgan fingerprint density at radius 2 is 2.31 bits per heavy atom. The molecule has 1 saturated heterocycles. The van der Waals surface area contributed by atoms with Crippen molar-refractivity contribution >= 4 is 11.8 Å². The van der Waals surface area contributed by atoms with Crippen LogP contribution in [0.2, 0.25) is 0 Å². The van der Waals surface area contributed by atoms with Crippen molar-refractivity contribution in [2.24, 2.45) is 0 Å². The van der Waals surface area contributed by atoms with E-state index < -0.39 is 0 Å². The summed E-state index contributed by atoms with van der Waals surface area (Å²) in [5, 5.41) is 4.28. The fraction of sp³-hybridized carbons (Fsp3) is 1.00. The van der Waals surface area contributed by atoms with E-state index in [-0.39, 0.29) is 0 Å². The molecule has 0 aromatic heterocycles. The maximum Gasteiger partial charge on any atom is 0.0147 e. The lowest BCUT2D eigenvalue weighted by Gasteiger charge is -2.30. The molecule has 13 heavy (non-hydrogen) atoms. The maximum atomic E-state index is 3.45. The van der Waals surface area contributed by atoms with Gasteiger partial charge >= 0.3 is 0 Å². The molecular weight excluding hydrogens is 180 g/mol. The lowest BCUT2D eigenvalue weighted by Crippen LogP contribution is -2.40. The minimum Gasteiger partial charge on any atom is -0.315 e. The van der Waals surface area contributed by atoms with E-state index in [1.165, 1.54) is 31.8 Å². The molecule has 1 aliphatic rings. The molecule has 0 aromatic carbocycles. The van der Waals surface area contributed by atoms with E-state index in [0.717, 1.165) is 18.3 Å². The Kier molecular flexibility index (Phi) is 5.83. The van der Waals surface area contributed by atoms with Gasteiger partial charge in [-0.1, -0.05) is 13.8 Å². The van der Waals surface area contributed by atoms with E-state index in [4.69, 9.17) is 0 Å². The molecule has 1 fully saturated rings. The molecular formula is C10H22N2S. The highest BCUT2D eigenvalue weighted by molar-refractivity contribution is 7.99. The summed E-state index contributed by atoms with van der Waals surface area (Å²) in [7, 11) is 0. The lowest BCUT2D eigenvalue weighted by molar-refractivity contribution is 0.286. The molecule has 3 heteroatoms. The predicted octanol–water partition coefficient (Wildman–Crippen LogP) is 1.42. The number of thioether (sulfide) groups is 1. The predicted molar refractivity (Wildman–Crippen MR) is 61.5 cm³/mol. The van der Waals surface area contributed by atoms with E-state index in [2.05, 4.69) is 35.8 Å². The van der Waals surface area contributed by atoms with Crippen molar-refractivity contribution in [3.8, 4) is 0 Å². The summed E-state index contributed by atoms with van der Waals surface area (Å²) in [6.45, 7) is 10.7. The summed E-state index contributed by atoms with van der Waals surface area (Å²) < 4.78 is 0. The minimum absolute atomic E-state index is 0.833. The molecule has 0 aromatic rings. The second-order valence-electron chi connectivity index (χ2n) is 3.73. The van der Waals surface area contributed by atoms with Gasteiger partial charge in [0, 0.05) is 37.2 Å². The van der Waals surface area contributed by atoms with Crippen LogP contribution in [-0.2, 0) is 0 Å². The van der Waals surface area contributed by atoms with Crippen LogP contribution in [-0.4, -0.2) is 48.6 Å². The van der Waals surface area contributed by atoms with Crippen LogP contribution in [0.25, 0.3) is 0 Å². The summed E-state index contributed by atoms with van der Waals surface area (Å²) in [5.41, 5.74) is 0. The summed E-state index contributed by atoms with van der Waals surface area (Å²) in [5.74, 6) is 1.31. The summed E-state index contributed by atoms with van der Waals surface area (Å²) in [4.78, 5) is 2.57. The van der Waals surface area contributed by atoms with Gasteiger partial charge in [0.25, 0.3) is 0 Å². The van der Waals surface area contributed by atoms with Gasteiger partial charge in [-0.3, -0.25) is 0 Å². The zero-order chi connectivity index (χ0) is 9.52. The van der Waals surface area contributed by atoms with Gasteiger partial charge in [-0.2, -0.15) is 11.8 Å². The molecule has 0 spiro atoms. The van der Waals surface area contributed by atoms with Crippen LogP contribution in [0.1, 0.15) is 20.3 Å². The first-order valence-electron chi connectivity index (χ1n) is 5.37. The van der Waals surface area contributed by atoms with Crippen molar-refractivity contribution < 1.29 is 0 Å². The van der Waals surface area contributed by atoms with E-state index >= 15 is 0 Å². The van der Waals surface area contributed by atoms with Crippen molar-refractivity contribution in [2.75, 3.05) is 38.5 Å². The van der Waals surface area contributed by atoms with Crippen LogP contribution in [0.15, 0.2) is 0 Å². The molecule has 1 aliphatic heterocycles. The van der Waals surface area contributed by atoms with Gasteiger partial charge in [-0.15, -0.1) is 0 Å². The number of nitrogens with zero attached hydrogens (tertiary/aromatic N) is 1. The quantitative estimate of drug-likeness (QED) is 0.679. The SMILES string of the molecule is CCCNCCN1CCSC(C)C1. The van der Waals surface area contributed by atoms with Crippen molar-refractivity contribution in [1.82, 2.24) is 10.2 Å². The highest BCUT2D eigenvalue weighted by Crippen LogP contribution is 2.16. The topological polar surface area (TPSA) is 15.3 Å². The molecule has 0 radical (unpaired) electrons. The molecule has 1 heterocycles. The van der Waals surface area contributed by atoms with Crippen LogP contribution in [0.5, 0.6) is 0 Å². The highest BCUT2D eigenvalue weighted by atomic mass is 32.2. The fourth-order valence-corrected chi connectivity index (χ4v) is 2.71. The summed E-state index contributed by atoms with van der Waals surface area (Å²) in [6.07, 6.45) is 1.24. The van der Waals surface area contributed by atoms with Crippen LogP contribution in [0.4, 0.5) is 0 Å². The third-order valence-corrected chi connectivity index (χ3v) is 3.49. The standard InChI is InChI=1S/C10H22N2S/c1-3-4-11-5-6-12-7-8-13-10(2)9-12/h10-11H,3-9H2,1-2H3. The third-order valence-electron chi connectivity index (χ3n) is 2.36.